The van der Waals surface area contributed by atoms with Crippen LogP contribution >= 0.6 is 0 Å². The highest BCUT2D eigenvalue weighted by molar-refractivity contribution is 5.80. The molecule has 1 rings (SSSR count). The van der Waals surface area contributed by atoms with Gasteiger partial charge in [-0.3, -0.25) is 4.79 Å². The van der Waals surface area contributed by atoms with Crippen LogP contribution in [-0.2, 0) is 10.2 Å². The van der Waals surface area contributed by atoms with Crippen LogP contribution in [0.3, 0.4) is 0 Å². The van der Waals surface area contributed by atoms with Gasteiger partial charge in [-0.25, -0.2) is 0 Å². The first-order valence-corrected chi connectivity index (χ1v) is 4.78. The topological polar surface area (TPSA) is 46.5 Å². The first-order chi connectivity index (χ1) is 6.89. The number of carbonyl (C=O) groups is 1. The Labute approximate surface area is 89.7 Å². The molecule has 0 fully saturated rings. The van der Waals surface area contributed by atoms with Crippen molar-refractivity contribution in [2.45, 2.75) is 26.2 Å². The highest BCUT2D eigenvalue weighted by Gasteiger charge is 2.29. The second kappa shape index (κ2) is 3.93. The average Bonchev–Trinajstić information content (AvgIpc) is 2.18. The summed E-state index contributed by atoms with van der Waals surface area (Å²) in [5.74, 6) is -0.116. The number of benzene rings is 1. The lowest BCUT2D eigenvalue weighted by atomic mass is 9.84. The monoisotopic (exact) mass is 208 g/mol. The van der Waals surface area contributed by atoms with E-state index >= 15 is 0 Å². The molecule has 1 aromatic carbocycles. The van der Waals surface area contributed by atoms with Crippen molar-refractivity contribution in [3.8, 4) is 5.75 Å². The number of hydrogen-bond donors (Lipinski definition) is 1. The molecule has 82 valence electrons. The Morgan fingerprint density at radius 2 is 2.00 bits per heavy atom. The predicted octanol–water partition coefficient (Wildman–Crippen LogP) is 2.37. The maximum atomic E-state index is 11.1. The summed E-state index contributed by atoms with van der Waals surface area (Å²) in [7, 11) is 1.58. The molecule has 0 aliphatic carbocycles. The van der Waals surface area contributed by atoms with Crippen LogP contribution in [0.1, 0.15) is 25.0 Å². The number of carboxylic acid groups (broad SMARTS) is 1. The molecule has 0 amide bonds. The van der Waals surface area contributed by atoms with E-state index in [1.54, 1.807) is 27.0 Å². The third kappa shape index (κ3) is 2.12. The van der Waals surface area contributed by atoms with Crippen LogP contribution < -0.4 is 4.74 Å². The highest BCUT2D eigenvalue weighted by atomic mass is 16.5. The standard InChI is InChI=1S/C12H16O3/c1-8-5-6-9(7-10(8)15-4)12(2,3)11(13)14/h5-7H,1-4H3,(H,13,14). The molecular formula is C12H16O3. The molecule has 1 aromatic rings. The number of ether oxygens (including phenoxy) is 1. The van der Waals surface area contributed by atoms with E-state index < -0.39 is 11.4 Å². The molecule has 0 radical (unpaired) electrons. The largest absolute Gasteiger partial charge is 0.496 e. The third-order valence-corrected chi connectivity index (χ3v) is 2.66. The minimum absolute atomic E-state index is 0.724. The fourth-order valence-corrected chi connectivity index (χ4v) is 1.33. The number of hydrogen-bond acceptors (Lipinski definition) is 2. The highest BCUT2D eigenvalue weighted by Crippen LogP contribution is 2.28. The van der Waals surface area contributed by atoms with Crippen molar-refractivity contribution in [1.29, 1.82) is 0 Å². The molecule has 0 atom stereocenters. The van der Waals surface area contributed by atoms with E-state index in [2.05, 4.69) is 0 Å². The van der Waals surface area contributed by atoms with E-state index in [4.69, 9.17) is 9.84 Å². The van der Waals surface area contributed by atoms with Gasteiger partial charge in [0, 0.05) is 0 Å². The van der Waals surface area contributed by atoms with E-state index in [-0.39, 0.29) is 0 Å². The zero-order chi connectivity index (χ0) is 11.6. The summed E-state index contributed by atoms with van der Waals surface area (Å²) in [5.41, 5.74) is 0.862. The third-order valence-electron chi connectivity index (χ3n) is 2.66. The Morgan fingerprint density at radius 3 is 2.47 bits per heavy atom. The van der Waals surface area contributed by atoms with Crippen LogP contribution in [0.15, 0.2) is 18.2 Å². The van der Waals surface area contributed by atoms with Crippen molar-refractivity contribution < 1.29 is 14.6 Å². The molecule has 15 heavy (non-hydrogen) atoms. The van der Waals surface area contributed by atoms with Crippen LogP contribution in [0.25, 0.3) is 0 Å². The molecule has 1 N–H and O–H groups in total. The Bertz CT molecular complexity index is 380. The van der Waals surface area contributed by atoms with Crippen molar-refractivity contribution in [3.05, 3.63) is 29.3 Å². The van der Waals surface area contributed by atoms with Gasteiger partial charge in [-0.15, -0.1) is 0 Å². The van der Waals surface area contributed by atoms with Gasteiger partial charge in [-0.05, 0) is 38.0 Å². The lowest BCUT2D eigenvalue weighted by Gasteiger charge is -2.20. The average molecular weight is 208 g/mol. The molecule has 0 aromatic heterocycles. The molecule has 3 heteroatoms. The Balaban J connectivity index is 3.22. The van der Waals surface area contributed by atoms with Gasteiger partial charge in [0.25, 0.3) is 0 Å². The Hall–Kier alpha value is -1.51. The maximum Gasteiger partial charge on any atom is 0.313 e. The van der Waals surface area contributed by atoms with Gasteiger partial charge in [0.05, 0.1) is 12.5 Å². The minimum Gasteiger partial charge on any atom is -0.496 e. The molecule has 0 aliphatic heterocycles. The van der Waals surface area contributed by atoms with Crippen LogP contribution in [0, 0.1) is 6.92 Å². The molecule has 0 saturated heterocycles. The van der Waals surface area contributed by atoms with E-state index in [0.29, 0.717) is 0 Å². The van der Waals surface area contributed by atoms with E-state index in [1.807, 2.05) is 19.1 Å². The Morgan fingerprint density at radius 1 is 1.40 bits per heavy atom. The molecule has 0 spiro atoms. The fourth-order valence-electron chi connectivity index (χ4n) is 1.33. The molecule has 3 nitrogen and oxygen atoms in total. The van der Waals surface area contributed by atoms with Crippen molar-refractivity contribution in [3.63, 3.8) is 0 Å². The summed E-state index contributed by atoms with van der Waals surface area (Å²) >= 11 is 0. The number of carboxylic acids is 1. The summed E-state index contributed by atoms with van der Waals surface area (Å²) in [4.78, 5) is 11.1. The zero-order valence-electron chi connectivity index (χ0n) is 9.50. The molecule has 0 heterocycles. The predicted molar refractivity (Wildman–Crippen MR) is 58.4 cm³/mol. The van der Waals surface area contributed by atoms with Gasteiger partial charge in [-0.2, -0.15) is 0 Å². The SMILES string of the molecule is COc1cc(C(C)(C)C(=O)O)ccc1C. The van der Waals surface area contributed by atoms with Crippen molar-refractivity contribution in [2.24, 2.45) is 0 Å². The van der Waals surface area contributed by atoms with E-state index in [1.165, 1.54) is 0 Å². The van der Waals surface area contributed by atoms with Gasteiger partial charge in [0.1, 0.15) is 5.75 Å². The van der Waals surface area contributed by atoms with E-state index in [9.17, 15) is 4.79 Å². The van der Waals surface area contributed by atoms with Gasteiger partial charge < -0.3 is 9.84 Å². The van der Waals surface area contributed by atoms with Crippen LogP contribution in [0.5, 0.6) is 5.75 Å². The van der Waals surface area contributed by atoms with Crippen LogP contribution in [-0.4, -0.2) is 18.2 Å². The summed E-state index contributed by atoms with van der Waals surface area (Å²) in [6.07, 6.45) is 0. The normalized spacial score (nSPS) is 11.2. The summed E-state index contributed by atoms with van der Waals surface area (Å²) in [5, 5.41) is 9.09. The molecule has 0 saturated carbocycles. The van der Waals surface area contributed by atoms with Crippen LogP contribution in [0.2, 0.25) is 0 Å². The van der Waals surface area contributed by atoms with Crippen molar-refractivity contribution in [1.82, 2.24) is 0 Å². The molecular weight excluding hydrogens is 192 g/mol. The zero-order valence-corrected chi connectivity index (χ0v) is 9.50. The van der Waals surface area contributed by atoms with Gasteiger partial charge in [0.15, 0.2) is 0 Å². The van der Waals surface area contributed by atoms with Gasteiger partial charge in [-0.1, -0.05) is 12.1 Å². The smallest absolute Gasteiger partial charge is 0.313 e. The van der Waals surface area contributed by atoms with Gasteiger partial charge >= 0.3 is 5.97 Å². The Kier molecular flexibility index (Phi) is 3.03. The van der Waals surface area contributed by atoms with Crippen molar-refractivity contribution >= 4 is 5.97 Å². The van der Waals surface area contributed by atoms with Gasteiger partial charge in [0.2, 0.25) is 0 Å². The maximum absolute atomic E-state index is 11.1. The summed E-state index contributed by atoms with van der Waals surface area (Å²) in [6, 6.07) is 5.48. The quantitative estimate of drug-likeness (QED) is 0.829. The second-order valence-electron chi connectivity index (χ2n) is 4.11. The van der Waals surface area contributed by atoms with Crippen molar-refractivity contribution in [2.75, 3.05) is 7.11 Å². The number of methoxy groups -OCH3 is 1. The second-order valence-corrected chi connectivity index (χ2v) is 4.11. The lowest BCUT2D eigenvalue weighted by molar-refractivity contribution is -0.142. The van der Waals surface area contributed by atoms with E-state index in [0.717, 1.165) is 16.9 Å². The molecule has 0 aliphatic rings. The molecule has 0 unspecified atom stereocenters. The fraction of sp³-hybridized carbons (Fsp3) is 0.417. The first-order valence-electron chi connectivity index (χ1n) is 4.78. The number of rotatable bonds is 3. The summed E-state index contributed by atoms with van der Waals surface area (Å²) < 4.78 is 5.17. The summed E-state index contributed by atoms with van der Waals surface area (Å²) in [6.45, 7) is 5.29. The lowest BCUT2D eigenvalue weighted by Crippen LogP contribution is -2.28. The first kappa shape index (κ1) is 11.6. The number of aliphatic carboxylic acids is 1. The minimum atomic E-state index is -0.888. The van der Waals surface area contributed by atoms with Crippen LogP contribution in [0.4, 0.5) is 0 Å². The molecule has 0 bridgehead atoms. The number of aryl methyl sites for hydroxylation is 1.